The Balaban J connectivity index is 2.21. The molecule has 1 aromatic carbocycles. The first kappa shape index (κ1) is 21.3. The number of likely N-dealkylation sites (N-methyl/N-ethyl adjacent to an activating group) is 2. The van der Waals surface area contributed by atoms with Crippen LogP contribution in [0.4, 0.5) is 4.39 Å². The number of halogens is 2. The molecule has 1 heterocycles. The van der Waals surface area contributed by atoms with Crippen molar-refractivity contribution in [2.75, 3.05) is 20.6 Å². The van der Waals surface area contributed by atoms with Crippen LogP contribution < -0.4 is 5.73 Å². The van der Waals surface area contributed by atoms with E-state index < -0.39 is 40.2 Å². The Labute approximate surface area is 165 Å². The van der Waals surface area contributed by atoms with Crippen molar-refractivity contribution in [3.63, 3.8) is 0 Å². The van der Waals surface area contributed by atoms with E-state index >= 15 is 0 Å². The third kappa shape index (κ3) is 4.83. The van der Waals surface area contributed by atoms with Crippen molar-refractivity contribution in [1.29, 1.82) is 0 Å². The molecular formula is C16H17ClFN3O4S2. The van der Waals surface area contributed by atoms with E-state index in [2.05, 4.69) is 0 Å². The second kappa shape index (κ2) is 8.34. The highest BCUT2D eigenvalue weighted by atomic mass is 35.5. The first-order chi connectivity index (χ1) is 12.5. The van der Waals surface area contributed by atoms with Crippen LogP contribution >= 0.6 is 22.9 Å². The largest absolute Gasteiger partial charge is 0.368 e. The Kier molecular flexibility index (Phi) is 6.58. The quantitative estimate of drug-likeness (QED) is 0.719. The monoisotopic (exact) mass is 433 g/mol. The fraction of sp³-hybridized carbons (Fsp3) is 0.250. The Morgan fingerprint density at radius 1 is 1.26 bits per heavy atom. The number of carbonyl (C=O) groups is 2. The number of hydrogen-bond donors (Lipinski definition) is 1. The Morgan fingerprint density at radius 2 is 1.93 bits per heavy atom. The van der Waals surface area contributed by atoms with E-state index in [1.807, 2.05) is 0 Å². The van der Waals surface area contributed by atoms with Gasteiger partial charge in [0, 0.05) is 14.1 Å². The third-order valence-corrected chi connectivity index (χ3v) is 7.29. The molecular weight excluding hydrogens is 417 g/mol. The van der Waals surface area contributed by atoms with Gasteiger partial charge in [-0.3, -0.25) is 9.59 Å². The minimum Gasteiger partial charge on any atom is -0.368 e. The van der Waals surface area contributed by atoms with Crippen molar-refractivity contribution in [2.24, 2.45) is 5.73 Å². The van der Waals surface area contributed by atoms with Crippen LogP contribution in [0.2, 0.25) is 4.34 Å². The second-order valence-corrected chi connectivity index (χ2v) is 9.67. The smallest absolute Gasteiger partial charge is 0.252 e. The summed E-state index contributed by atoms with van der Waals surface area (Å²) in [6.45, 7) is -0.534. The van der Waals surface area contributed by atoms with E-state index in [9.17, 15) is 22.4 Å². The molecule has 0 aliphatic heterocycles. The van der Waals surface area contributed by atoms with Gasteiger partial charge in [0.15, 0.2) is 0 Å². The maximum atomic E-state index is 13.5. The van der Waals surface area contributed by atoms with Crippen molar-refractivity contribution < 1.29 is 22.4 Å². The van der Waals surface area contributed by atoms with Crippen molar-refractivity contribution in [1.82, 2.24) is 9.21 Å². The lowest BCUT2D eigenvalue weighted by molar-refractivity contribution is -0.138. The summed E-state index contributed by atoms with van der Waals surface area (Å²) in [5.74, 6) is -2.14. The van der Waals surface area contributed by atoms with Gasteiger partial charge in [-0.05, 0) is 29.8 Å². The second-order valence-electron chi connectivity index (χ2n) is 5.68. The first-order valence-corrected chi connectivity index (χ1v) is 10.2. The highest BCUT2D eigenvalue weighted by Crippen LogP contribution is 2.28. The zero-order valence-corrected chi connectivity index (χ0v) is 16.8. The van der Waals surface area contributed by atoms with Crippen molar-refractivity contribution in [3.05, 3.63) is 52.1 Å². The molecule has 1 unspecified atom stereocenters. The number of hydrogen-bond acceptors (Lipinski definition) is 5. The number of benzene rings is 1. The summed E-state index contributed by atoms with van der Waals surface area (Å²) >= 11 is 6.63. The molecule has 2 N–H and O–H groups in total. The van der Waals surface area contributed by atoms with Gasteiger partial charge >= 0.3 is 0 Å². The van der Waals surface area contributed by atoms with Gasteiger partial charge in [-0.1, -0.05) is 23.7 Å². The summed E-state index contributed by atoms with van der Waals surface area (Å²) in [6.07, 6.45) is 0. The minimum atomic E-state index is -3.92. The van der Waals surface area contributed by atoms with Crippen LogP contribution in [0.1, 0.15) is 11.6 Å². The molecule has 2 rings (SSSR count). The average molecular weight is 434 g/mol. The number of nitrogens with two attached hydrogens (primary N) is 1. The van der Waals surface area contributed by atoms with E-state index in [0.717, 1.165) is 26.6 Å². The average Bonchev–Trinajstić information content (AvgIpc) is 3.01. The Hall–Kier alpha value is -2.01. The van der Waals surface area contributed by atoms with Crippen molar-refractivity contribution in [2.45, 2.75) is 10.3 Å². The molecule has 11 heteroatoms. The normalized spacial score (nSPS) is 12.8. The lowest BCUT2D eigenvalue weighted by Crippen LogP contribution is -2.44. The van der Waals surface area contributed by atoms with Gasteiger partial charge < -0.3 is 10.6 Å². The van der Waals surface area contributed by atoms with Crippen LogP contribution in [-0.2, 0) is 19.6 Å². The van der Waals surface area contributed by atoms with Gasteiger partial charge in [-0.25, -0.2) is 12.8 Å². The fourth-order valence-corrected chi connectivity index (χ4v) is 5.19. The number of rotatable bonds is 7. The molecule has 7 nitrogen and oxygen atoms in total. The third-order valence-electron chi connectivity index (χ3n) is 3.79. The number of primary amides is 1. The molecule has 0 fully saturated rings. The van der Waals surface area contributed by atoms with Crippen LogP contribution in [-0.4, -0.2) is 50.1 Å². The van der Waals surface area contributed by atoms with Gasteiger partial charge in [0.2, 0.25) is 11.8 Å². The molecule has 0 spiro atoms. The number of amides is 2. The number of carbonyl (C=O) groups excluding carboxylic acids is 2. The summed E-state index contributed by atoms with van der Waals surface area (Å²) in [7, 11) is -1.39. The topological polar surface area (TPSA) is 101 Å². The van der Waals surface area contributed by atoms with Gasteiger partial charge in [-0.15, -0.1) is 11.3 Å². The standard InChI is InChI=1S/C16H17ClFN3O4S2/c1-20(27(24,25)14-7-6-12(17)26-14)9-13(22)21(2)15(16(19)23)10-4-3-5-11(18)8-10/h3-8,15H,9H2,1-2H3,(H2,19,23). The SMILES string of the molecule is CN(C(=O)CN(C)S(=O)(=O)c1ccc(Cl)s1)C(C(N)=O)c1cccc(F)c1. The zero-order valence-electron chi connectivity index (χ0n) is 14.4. The molecule has 0 saturated carbocycles. The predicted molar refractivity (Wildman–Crippen MR) is 100 cm³/mol. The predicted octanol–water partition coefficient (Wildman–Crippen LogP) is 1.85. The van der Waals surface area contributed by atoms with E-state index in [1.165, 1.54) is 44.4 Å². The zero-order chi connectivity index (χ0) is 20.4. The van der Waals surface area contributed by atoms with E-state index in [4.69, 9.17) is 17.3 Å². The molecule has 2 amide bonds. The van der Waals surface area contributed by atoms with E-state index in [0.29, 0.717) is 4.34 Å². The lowest BCUT2D eigenvalue weighted by Gasteiger charge is -2.27. The van der Waals surface area contributed by atoms with Gasteiger partial charge in [0.25, 0.3) is 10.0 Å². The van der Waals surface area contributed by atoms with Crippen molar-refractivity contribution >= 4 is 44.8 Å². The molecule has 1 atom stereocenters. The summed E-state index contributed by atoms with van der Waals surface area (Å²) in [4.78, 5) is 25.4. The van der Waals surface area contributed by atoms with Crippen molar-refractivity contribution in [3.8, 4) is 0 Å². The Morgan fingerprint density at radius 3 is 2.44 bits per heavy atom. The summed E-state index contributed by atoms with van der Waals surface area (Å²) in [6, 6.07) is 6.66. The molecule has 2 aromatic rings. The van der Waals surface area contributed by atoms with Crippen LogP contribution in [0.5, 0.6) is 0 Å². The maximum absolute atomic E-state index is 13.5. The van der Waals surface area contributed by atoms with Crippen LogP contribution in [0, 0.1) is 5.82 Å². The fourth-order valence-electron chi connectivity index (χ4n) is 2.38. The molecule has 0 radical (unpaired) electrons. The highest BCUT2D eigenvalue weighted by molar-refractivity contribution is 7.91. The number of thiophene rings is 1. The summed E-state index contributed by atoms with van der Waals surface area (Å²) in [5, 5.41) is 0. The first-order valence-electron chi connectivity index (χ1n) is 7.56. The lowest BCUT2D eigenvalue weighted by atomic mass is 10.0. The molecule has 0 saturated heterocycles. The van der Waals surface area contributed by atoms with Gasteiger partial charge in [-0.2, -0.15) is 4.31 Å². The van der Waals surface area contributed by atoms with E-state index in [1.54, 1.807) is 0 Å². The molecule has 27 heavy (non-hydrogen) atoms. The molecule has 1 aromatic heterocycles. The molecule has 146 valence electrons. The van der Waals surface area contributed by atoms with Gasteiger partial charge in [0.1, 0.15) is 16.1 Å². The molecule has 0 aliphatic rings. The maximum Gasteiger partial charge on any atom is 0.252 e. The number of sulfonamides is 1. The van der Waals surface area contributed by atoms with Crippen LogP contribution in [0.25, 0.3) is 0 Å². The Bertz CT molecular complexity index is 964. The summed E-state index contributed by atoms with van der Waals surface area (Å²) < 4.78 is 39.6. The van der Waals surface area contributed by atoms with Crippen LogP contribution in [0.3, 0.4) is 0 Å². The summed E-state index contributed by atoms with van der Waals surface area (Å²) in [5.41, 5.74) is 5.56. The molecule has 0 bridgehead atoms. The van der Waals surface area contributed by atoms with Crippen LogP contribution in [0.15, 0.2) is 40.6 Å². The highest BCUT2D eigenvalue weighted by Gasteiger charge is 2.31. The van der Waals surface area contributed by atoms with Gasteiger partial charge in [0.05, 0.1) is 10.9 Å². The van der Waals surface area contributed by atoms with E-state index in [-0.39, 0.29) is 9.77 Å². The number of nitrogens with zero attached hydrogens (tertiary/aromatic N) is 2. The molecule has 0 aliphatic carbocycles. The minimum absolute atomic E-state index is 0.0120.